The first-order chi connectivity index (χ1) is 14.3. The zero-order chi connectivity index (χ0) is 21.5. The molecule has 162 valence electrons. The van der Waals surface area contributed by atoms with Gasteiger partial charge in [0.2, 0.25) is 27.7 Å². The Kier molecular flexibility index (Phi) is 5.67. The lowest BCUT2D eigenvalue weighted by Crippen LogP contribution is -2.54. The van der Waals surface area contributed by atoms with Crippen LogP contribution in [0.1, 0.15) is 50.5 Å². The molecule has 1 aromatic carbocycles. The summed E-state index contributed by atoms with van der Waals surface area (Å²) in [5.41, 5.74) is 0.850. The van der Waals surface area contributed by atoms with Crippen molar-refractivity contribution in [3.05, 3.63) is 29.8 Å². The number of nitrogens with one attached hydrogen (secondary N) is 1. The average Bonchev–Trinajstić information content (AvgIpc) is 3.17. The fourth-order valence-corrected chi connectivity index (χ4v) is 6.19. The maximum absolute atomic E-state index is 12.8. The number of nitrogens with zero attached hydrogens (tertiary/aromatic N) is 2. The van der Waals surface area contributed by atoms with Crippen molar-refractivity contribution in [2.75, 3.05) is 6.54 Å². The number of carbonyl (C=O) groups is 3. The van der Waals surface area contributed by atoms with Crippen LogP contribution in [0.3, 0.4) is 0 Å². The van der Waals surface area contributed by atoms with Crippen molar-refractivity contribution in [2.45, 2.75) is 74.9 Å². The summed E-state index contributed by atoms with van der Waals surface area (Å²) in [5.74, 6) is -0.281. The van der Waals surface area contributed by atoms with E-state index in [2.05, 4.69) is 4.72 Å². The molecule has 2 bridgehead atoms. The van der Waals surface area contributed by atoms with Crippen molar-refractivity contribution in [1.29, 1.82) is 0 Å². The number of fused-ring (bicyclic) bond motifs is 2. The van der Waals surface area contributed by atoms with Gasteiger partial charge in [-0.15, -0.1) is 0 Å². The van der Waals surface area contributed by atoms with Gasteiger partial charge in [-0.1, -0.05) is 12.1 Å². The van der Waals surface area contributed by atoms with E-state index >= 15 is 0 Å². The van der Waals surface area contributed by atoms with E-state index in [9.17, 15) is 22.8 Å². The number of benzene rings is 1. The molecule has 3 fully saturated rings. The minimum atomic E-state index is -3.66. The van der Waals surface area contributed by atoms with Crippen LogP contribution in [0, 0.1) is 6.92 Å². The van der Waals surface area contributed by atoms with Crippen molar-refractivity contribution >= 4 is 27.7 Å². The van der Waals surface area contributed by atoms with Gasteiger partial charge in [-0.05, 0) is 50.3 Å². The van der Waals surface area contributed by atoms with Crippen LogP contribution < -0.4 is 4.72 Å². The van der Waals surface area contributed by atoms with Crippen LogP contribution in [0.2, 0.25) is 0 Å². The topological polar surface area (TPSA) is 104 Å². The Balaban J connectivity index is 1.34. The van der Waals surface area contributed by atoms with Gasteiger partial charge in [0, 0.05) is 43.9 Å². The molecule has 2 atom stereocenters. The van der Waals surface area contributed by atoms with Gasteiger partial charge in [0.25, 0.3) is 0 Å². The SMILES string of the molecule is Cc1cccc(S(=O)(=O)NCCC(=O)N2C3CCC2CC(N2C(=O)CCC2=O)C3)c1. The molecule has 8 nitrogen and oxygen atoms in total. The molecule has 2 unspecified atom stereocenters. The Bertz CT molecular complexity index is 947. The second-order valence-corrected chi connectivity index (χ2v) is 10.2. The van der Waals surface area contributed by atoms with E-state index < -0.39 is 10.0 Å². The number of amides is 3. The van der Waals surface area contributed by atoms with Crippen LogP contribution in [0.25, 0.3) is 0 Å². The van der Waals surface area contributed by atoms with E-state index in [4.69, 9.17) is 0 Å². The van der Waals surface area contributed by atoms with Crippen LogP contribution in [-0.2, 0) is 24.4 Å². The Morgan fingerprint density at radius 1 is 1.07 bits per heavy atom. The van der Waals surface area contributed by atoms with Gasteiger partial charge < -0.3 is 4.90 Å². The first-order valence-electron chi connectivity index (χ1n) is 10.5. The monoisotopic (exact) mass is 433 g/mol. The van der Waals surface area contributed by atoms with E-state index in [1.165, 1.54) is 11.0 Å². The maximum atomic E-state index is 12.8. The summed E-state index contributed by atoms with van der Waals surface area (Å²) in [6, 6.07) is 6.54. The number of rotatable bonds is 6. The smallest absolute Gasteiger partial charge is 0.240 e. The van der Waals surface area contributed by atoms with Crippen LogP contribution in [0.5, 0.6) is 0 Å². The summed E-state index contributed by atoms with van der Waals surface area (Å²) < 4.78 is 27.4. The first kappa shape index (κ1) is 21.0. The third kappa shape index (κ3) is 4.00. The average molecular weight is 434 g/mol. The Morgan fingerprint density at radius 2 is 1.70 bits per heavy atom. The molecule has 3 amide bonds. The lowest BCUT2D eigenvalue weighted by molar-refractivity contribution is -0.144. The molecule has 1 aromatic rings. The molecule has 0 aromatic heterocycles. The van der Waals surface area contributed by atoms with Gasteiger partial charge in [0.15, 0.2) is 0 Å². The lowest BCUT2D eigenvalue weighted by Gasteiger charge is -2.41. The molecule has 0 aliphatic carbocycles. The number of aryl methyl sites for hydroxylation is 1. The van der Waals surface area contributed by atoms with Crippen LogP contribution >= 0.6 is 0 Å². The molecule has 9 heteroatoms. The molecule has 30 heavy (non-hydrogen) atoms. The summed E-state index contributed by atoms with van der Waals surface area (Å²) >= 11 is 0. The van der Waals surface area contributed by atoms with E-state index in [1.54, 1.807) is 12.1 Å². The van der Waals surface area contributed by atoms with Gasteiger partial charge in [-0.3, -0.25) is 19.3 Å². The largest absolute Gasteiger partial charge is 0.337 e. The number of sulfonamides is 1. The highest BCUT2D eigenvalue weighted by atomic mass is 32.2. The number of carbonyl (C=O) groups excluding carboxylic acids is 3. The van der Waals surface area contributed by atoms with Crippen molar-refractivity contribution < 1.29 is 22.8 Å². The minimum absolute atomic E-state index is 0.0100. The third-order valence-corrected chi connectivity index (χ3v) is 7.84. The van der Waals surface area contributed by atoms with Crippen molar-refractivity contribution in [3.8, 4) is 0 Å². The number of piperidine rings is 1. The summed E-state index contributed by atoms with van der Waals surface area (Å²) in [5, 5.41) is 0. The summed E-state index contributed by atoms with van der Waals surface area (Å²) in [6.45, 7) is 1.86. The lowest BCUT2D eigenvalue weighted by atomic mass is 9.95. The molecule has 0 saturated carbocycles. The highest BCUT2D eigenvalue weighted by Crippen LogP contribution is 2.39. The molecule has 0 radical (unpaired) electrons. The van der Waals surface area contributed by atoms with Gasteiger partial charge >= 0.3 is 0 Å². The molecule has 3 heterocycles. The van der Waals surface area contributed by atoms with Gasteiger partial charge in [-0.2, -0.15) is 0 Å². The fraction of sp³-hybridized carbons (Fsp3) is 0.571. The molecule has 4 rings (SSSR count). The molecule has 1 N–H and O–H groups in total. The molecular weight excluding hydrogens is 406 g/mol. The van der Waals surface area contributed by atoms with E-state index in [0.717, 1.165) is 18.4 Å². The summed E-state index contributed by atoms with van der Waals surface area (Å²) in [7, 11) is -3.66. The Morgan fingerprint density at radius 3 is 2.30 bits per heavy atom. The number of hydrogen-bond donors (Lipinski definition) is 1. The Hall–Kier alpha value is -2.26. The fourth-order valence-electron chi connectivity index (χ4n) is 5.05. The van der Waals surface area contributed by atoms with E-state index in [-0.39, 0.29) is 66.5 Å². The predicted molar refractivity (Wildman–Crippen MR) is 109 cm³/mol. The second-order valence-electron chi connectivity index (χ2n) is 8.43. The quantitative estimate of drug-likeness (QED) is 0.682. The molecule has 0 spiro atoms. The second kappa shape index (κ2) is 8.11. The Labute approximate surface area is 176 Å². The third-order valence-electron chi connectivity index (χ3n) is 6.38. The maximum Gasteiger partial charge on any atom is 0.240 e. The summed E-state index contributed by atoms with van der Waals surface area (Å²) in [4.78, 5) is 40.4. The van der Waals surface area contributed by atoms with Crippen LogP contribution in [-0.4, -0.2) is 60.6 Å². The highest BCUT2D eigenvalue weighted by Gasteiger charge is 2.47. The first-order valence-corrected chi connectivity index (χ1v) is 12.0. The zero-order valence-electron chi connectivity index (χ0n) is 17.0. The van der Waals surface area contributed by atoms with Crippen molar-refractivity contribution in [1.82, 2.24) is 14.5 Å². The van der Waals surface area contributed by atoms with Gasteiger partial charge in [0.05, 0.1) is 4.90 Å². The van der Waals surface area contributed by atoms with Gasteiger partial charge in [0.1, 0.15) is 0 Å². The molecule has 3 aliphatic rings. The zero-order valence-corrected chi connectivity index (χ0v) is 17.9. The van der Waals surface area contributed by atoms with Gasteiger partial charge in [-0.25, -0.2) is 13.1 Å². The predicted octanol–water partition coefficient (Wildman–Crippen LogP) is 1.33. The van der Waals surface area contributed by atoms with Crippen molar-refractivity contribution in [2.24, 2.45) is 0 Å². The molecular formula is C21H27N3O5S. The summed E-state index contributed by atoms with van der Waals surface area (Å²) in [6.07, 6.45) is 3.62. The minimum Gasteiger partial charge on any atom is -0.337 e. The van der Waals surface area contributed by atoms with Crippen LogP contribution in [0.15, 0.2) is 29.2 Å². The normalized spacial score (nSPS) is 26.5. The number of hydrogen-bond acceptors (Lipinski definition) is 5. The van der Waals surface area contributed by atoms with Crippen molar-refractivity contribution in [3.63, 3.8) is 0 Å². The molecule has 3 aliphatic heterocycles. The van der Waals surface area contributed by atoms with E-state index in [0.29, 0.717) is 12.8 Å². The highest BCUT2D eigenvalue weighted by molar-refractivity contribution is 7.89. The van der Waals surface area contributed by atoms with E-state index in [1.807, 2.05) is 17.9 Å². The molecule has 3 saturated heterocycles. The number of likely N-dealkylation sites (tertiary alicyclic amines) is 1. The standard InChI is InChI=1S/C21H27N3O5S/c1-14-3-2-4-18(11-14)30(28,29)22-10-9-21(27)23-15-5-6-16(23)13-17(12-15)24-19(25)7-8-20(24)26/h2-4,11,15-17,22H,5-10,12-13H2,1H3. The number of imide groups is 1. The van der Waals surface area contributed by atoms with Crippen LogP contribution in [0.4, 0.5) is 0 Å².